The first-order valence-electron chi connectivity index (χ1n) is 10.7. The number of amides is 1. The molecule has 10 heteroatoms. The van der Waals surface area contributed by atoms with Crippen LogP contribution >= 0.6 is 22.9 Å². The molecule has 8 nitrogen and oxygen atoms in total. The van der Waals surface area contributed by atoms with Gasteiger partial charge in [0, 0.05) is 43.6 Å². The van der Waals surface area contributed by atoms with Gasteiger partial charge in [-0.3, -0.25) is 9.59 Å². The number of halogens is 1. The number of thiazole rings is 1. The van der Waals surface area contributed by atoms with Gasteiger partial charge < -0.3 is 19.9 Å². The molecule has 33 heavy (non-hydrogen) atoms. The number of imidazole rings is 1. The standard InChI is InChI=1S/C23H22ClN5O3S/c1-28-18-5-2-13(19(31)6-7-21(32)29-9-8-15(30)12-29)10-17(18)25-22(28)27-23-26-16-4-3-14(24)11-20(16)33-23/h2-5,10-11,15,30H,6-9,12H2,1H3,(H,25,26,27). The second kappa shape index (κ2) is 8.74. The van der Waals surface area contributed by atoms with Crippen LogP contribution in [-0.4, -0.2) is 55.4 Å². The van der Waals surface area contributed by atoms with E-state index in [1.54, 1.807) is 17.0 Å². The van der Waals surface area contributed by atoms with Gasteiger partial charge in [-0.15, -0.1) is 0 Å². The molecule has 4 aromatic rings. The molecule has 2 N–H and O–H groups in total. The molecular weight excluding hydrogens is 462 g/mol. The summed E-state index contributed by atoms with van der Waals surface area (Å²) in [5, 5.41) is 14.2. The lowest BCUT2D eigenvalue weighted by atomic mass is 10.1. The summed E-state index contributed by atoms with van der Waals surface area (Å²) in [6.45, 7) is 0.899. The number of hydrogen-bond acceptors (Lipinski definition) is 7. The number of ketones is 1. The Kier molecular flexibility index (Phi) is 5.77. The zero-order valence-electron chi connectivity index (χ0n) is 17.9. The van der Waals surface area contributed by atoms with Crippen molar-refractivity contribution in [2.75, 3.05) is 18.4 Å². The minimum Gasteiger partial charge on any atom is -0.391 e. The Morgan fingerprint density at radius 1 is 1.18 bits per heavy atom. The Morgan fingerprint density at radius 3 is 2.82 bits per heavy atom. The first-order valence-corrected chi connectivity index (χ1v) is 11.9. The maximum atomic E-state index is 12.7. The highest BCUT2D eigenvalue weighted by Crippen LogP contribution is 2.31. The fraction of sp³-hybridized carbons (Fsp3) is 0.304. The van der Waals surface area contributed by atoms with E-state index in [1.807, 2.05) is 35.9 Å². The van der Waals surface area contributed by atoms with Crippen LogP contribution in [0.5, 0.6) is 0 Å². The molecule has 3 heterocycles. The number of benzene rings is 2. The Balaban J connectivity index is 1.30. The van der Waals surface area contributed by atoms with E-state index < -0.39 is 6.10 Å². The molecule has 1 aliphatic heterocycles. The highest BCUT2D eigenvalue weighted by atomic mass is 35.5. The summed E-state index contributed by atoms with van der Waals surface area (Å²) in [5.41, 5.74) is 2.94. The van der Waals surface area contributed by atoms with Crippen molar-refractivity contribution < 1.29 is 14.7 Å². The second-order valence-corrected chi connectivity index (χ2v) is 9.63. The smallest absolute Gasteiger partial charge is 0.223 e. The van der Waals surface area contributed by atoms with Gasteiger partial charge in [0.2, 0.25) is 11.9 Å². The van der Waals surface area contributed by atoms with Gasteiger partial charge in [-0.1, -0.05) is 22.9 Å². The molecule has 1 fully saturated rings. The van der Waals surface area contributed by atoms with Crippen LogP contribution < -0.4 is 5.32 Å². The maximum absolute atomic E-state index is 12.7. The summed E-state index contributed by atoms with van der Waals surface area (Å²) in [4.78, 5) is 35.8. The summed E-state index contributed by atoms with van der Waals surface area (Å²) in [6, 6.07) is 10.9. The molecular formula is C23H22ClN5O3S. The number of nitrogens with one attached hydrogen (secondary N) is 1. The fourth-order valence-electron chi connectivity index (χ4n) is 4.02. The van der Waals surface area contributed by atoms with Crippen LogP contribution in [0.1, 0.15) is 29.6 Å². The van der Waals surface area contributed by atoms with Crippen molar-refractivity contribution in [1.82, 2.24) is 19.4 Å². The van der Waals surface area contributed by atoms with Gasteiger partial charge in [-0.25, -0.2) is 9.97 Å². The highest BCUT2D eigenvalue weighted by Gasteiger charge is 2.24. The molecule has 0 bridgehead atoms. The van der Waals surface area contributed by atoms with Crippen LogP contribution in [-0.2, 0) is 11.8 Å². The molecule has 1 aliphatic rings. The topological polar surface area (TPSA) is 100 Å². The Morgan fingerprint density at radius 2 is 2.03 bits per heavy atom. The summed E-state index contributed by atoms with van der Waals surface area (Å²) in [7, 11) is 1.90. The van der Waals surface area contributed by atoms with E-state index >= 15 is 0 Å². The molecule has 1 saturated heterocycles. The van der Waals surface area contributed by atoms with Gasteiger partial charge in [0.25, 0.3) is 0 Å². The molecule has 1 amide bonds. The lowest BCUT2D eigenvalue weighted by molar-refractivity contribution is -0.130. The molecule has 5 rings (SSSR count). The first kappa shape index (κ1) is 21.8. The number of carbonyl (C=O) groups excluding carboxylic acids is 2. The largest absolute Gasteiger partial charge is 0.391 e. The number of fused-ring (bicyclic) bond motifs is 2. The van der Waals surface area contributed by atoms with E-state index in [1.165, 1.54) is 11.3 Å². The number of likely N-dealkylation sites (tertiary alicyclic amines) is 1. The van der Waals surface area contributed by atoms with Crippen LogP contribution in [0.25, 0.3) is 21.3 Å². The molecule has 0 aliphatic carbocycles. The van der Waals surface area contributed by atoms with Crippen molar-refractivity contribution in [2.24, 2.45) is 7.05 Å². The molecule has 2 aromatic carbocycles. The Hall–Kier alpha value is -3.01. The van der Waals surface area contributed by atoms with E-state index in [0.29, 0.717) is 46.7 Å². The minimum absolute atomic E-state index is 0.0950. The number of aryl methyl sites for hydroxylation is 1. The van der Waals surface area contributed by atoms with Gasteiger partial charge in [0.1, 0.15) is 0 Å². The van der Waals surface area contributed by atoms with Crippen LogP contribution in [0.2, 0.25) is 5.02 Å². The molecule has 170 valence electrons. The normalized spacial score (nSPS) is 16.1. The molecule has 1 unspecified atom stereocenters. The highest BCUT2D eigenvalue weighted by molar-refractivity contribution is 7.22. The van der Waals surface area contributed by atoms with E-state index in [-0.39, 0.29) is 24.5 Å². The number of Topliss-reactive ketones (excluding diaryl/α,β-unsaturated/α-hetero) is 1. The number of aliphatic hydroxyl groups is 1. The van der Waals surface area contributed by atoms with Crippen molar-refractivity contribution in [3.63, 3.8) is 0 Å². The third-order valence-electron chi connectivity index (χ3n) is 5.85. The molecule has 1 atom stereocenters. The van der Waals surface area contributed by atoms with Crippen molar-refractivity contribution in [2.45, 2.75) is 25.4 Å². The monoisotopic (exact) mass is 483 g/mol. The zero-order chi connectivity index (χ0) is 23.1. The lowest BCUT2D eigenvalue weighted by Gasteiger charge is -2.14. The Labute approximate surface area is 198 Å². The van der Waals surface area contributed by atoms with Crippen LogP contribution in [0, 0.1) is 0 Å². The quantitative estimate of drug-likeness (QED) is 0.400. The summed E-state index contributed by atoms with van der Waals surface area (Å²) in [6.07, 6.45) is 0.403. The summed E-state index contributed by atoms with van der Waals surface area (Å²) in [5.74, 6) is 0.415. The van der Waals surface area contributed by atoms with Gasteiger partial charge in [0.05, 0.1) is 27.4 Å². The van der Waals surface area contributed by atoms with Crippen LogP contribution in [0.3, 0.4) is 0 Å². The number of anilines is 2. The van der Waals surface area contributed by atoms with Crippen LogP contribution in [0.4, 0.5) is 11.1 Å². The minimum atomic E-state index is -0.459. The van der Waals surface area contributed by atoms with Crippen molar-refractivity contribution >= 4 is 67.0 Å². The van der Waals surface area contributed by atoms with E-state index in [2.05, 4.69) is 15.3 Å². The number of nitrogens with zero attached hydrogens (tertiary/aromatic N) is 4. The number of β-amino-alcohol motifs (C(OH)–C–C–N with tert-alkyl or cyclic N) is 1. The predicted octanol–water partition coefficient (Wildman–Crippen LogP) is 4.14. The molecule has 2 aromatic heterocycles. The molecule has 0 spiro atoms. The zero-order valence-corrected chi connectivity index (χ0v) is 19.5. The third-order valence-corrected chi connectivity index (χ3v) is 7.02. The molecule has 0 saturated carbocycles. The maximum Gasteiger partial charge on any atom is 0.223 e. The summed E-state index contributed by atoms with van der Waals surface area (Å²) < 4.78 is 2.89. The predicted molar refractivity (Wildman–Crippen MR) is 129 cm³/mol. The fourth-order valence-corrected chi connectivity index (χ4v) is 5.16. The SMILES string of the molecule is Cn1c(Nc2nc3ccc(Cl)cc3s2)nc2cc(C(=O)CCC(=O)N3CCC(O)C3)ccc21. The van der Waals surface area contributed by atoms with Crippen LogP contribution in [0.15, 0.2) is 36.4 Å². The number of aromatic nitrogens is 3. The lowest BCUT2D eigenvalue weighted by Crippen LogP contribution is -2.29. The molecule has 0 radical (unpaired) electrons. The number of rotatable bonds is 6. The van der Waals surface area contributed by atoms with Gasteiger partial charge in [0.15, 0.2) is 10.9 Å². The average Bonchev–Trinajstić information content (AvgIpc) is 3.48. The number of aliphatic hydroxyl groups excluding tert-OH is 1. The third kappa shape index (κ3) is 4.44. The number of carbonyl (C=O) groups is 2. The second-order valence-electron chi connectivity index (χ2n) is 8.16. The van der Waals surface area contributed by atoms with Gasteiger partial charge in [-0.05, 0) is 42.8 Å². The average molecular weight is 484 g/mol. The summed E-state index contributed by atoms with van der Waals surface area (Å²) >= 11 is 7.56. The van der Waals surface area contributed by atoms with E-state index in [4.69, 9.17) is 11.6 Å². The Bertz CT molecular complexity index is 1380. The number of hydrogen-bond donors (Lipinski definition) is 2. The first-order chi connectivity index (χ1) is 15.9. The van der Waals surface area contributed by atoms with E-state index in [0.717, 1.165) is 15.7 Å². The van der Waals surface area contributed by atoms with Crippen molar-refractivity contribution in [3.8, 4) is 0 Å². The van der Waals surface area contributed by atoms with Crippen molar-refractivity contribution in [3.05, 3.63) is 47.0 Å². The van der Waals surface area contributed by atoms with E-state index in [9.17, 15) is 14.7 Å². The van der Waals surface area contributed by atoms with Gasteiger partial charge in [-0.2, -0.15) is 0 Å². The van der Waals surface area contributed by atoms with Crippen molar-refractivity contribution in [1.29, 1.82) is 0 Å². The van der Waals surface area contributed by atoms with Gasteiger partial charge >= 0.3 is 0 Å².